The van der Waals surface area contributed by atoms with E-state index < -0.39 is 0 Å². The second-order valence-electron chi connectivity index (χ2n) is 6.29. The molecule has 27 heavy (non-hydrogen) atoms. The van der Waals surface area contributed by atoms with Gasteiger partial charge in [-0.3, -0.25) is 14.5 Å². The second-order valence-corrected chi connectivity index (χ2v) is 7.29. The summed E-state index contributed by atoms with van der Waals surface area (Å²) < 4.78 is 18.6. The van der Waals surface area contributed by atoms with E-state index in [0.29, 0.717) is 17.3 Å². The number of imide groups is 1. The van der Waals surface area contributed by atoms with Crippen molar-refractivity contribution in [1.29, 1.82) is 0 Å². The molecule has 1 fully saturated rings. The smallest absolute Gasteiger partial charge is 0.293 e. The van der Waals surface area contributed by atoms with Gasteiger partial charge in [0.2, 0.25) is 0 Å². The molecule has 0 aliphatic carbocycles. The minimum Gasteiger partial charge on any atom is -0.489 e. The van der Waals surface area contributed by atoms with E-state index in [1.54, 1.807) is 30.3 Å². The standard InChI is InChI=1S/C21H20FNO3S/c1-3-14(2)23-20(24)19(27-21(23)25)12-15-6-10-18(11-7-15)26-13-16-4-8-17(22)9-5-16/h4-12,14H,3,13H2,1-2H3/b19-12+/t14-/m0/s1. The molecule has 2 aromatic rings. The summed E-state index contributed by atoms with van der Waals surface area (Å²) in [6.07, 6.45) is 2.45. The molecule has 0 radical (unpaired) electrons. The molecule has 1 aliphatic heterocycles. The third kappa shape index (κ3) is 4.57. The van der Waals surface area contributed by atoms with Crippen molar-refractivity contribution < 1.29 is 18.7 Å². The SMILES string of the molecule is CC[C@H](C)N1C(=O)S/C(=C/c2ccc(OCc3ccc(F)cc3)cc2)C1=O. The summed E-state index contributed by atoms with van der Waals surface area (Å²) in [4.78, 5) is 26.2. The Hall–Kier alpha value is -2.60. The van der Waals surface area contributed by atoms with Crippen LogP contribution in [-0.4, -0.2) is 22.1 Å². The van der Waals surface area contributed by atoms with E-state index in [1.165, 1.54) is 17.0 Å². The molecule has 0 unspecified atom stereocenters. The summed E-state index contributed by atoms with van der Waals surface area (Å²) in [5, 5.41) is -0.222. The number of amides is 2. The highest BCUT2D eigenvalue weighted by Gasteiger charge is 2.37. The largest absolute Gasteiger partial charge is 0.489 e. The van der Waals surface area contributed by atoms with Crippen molar-refractivity contribution in [2.24, 2.45) is 0 Å². The van der Waals surface area contributed by atoms with Crippen LogP contribution in [0.3, 0.4) is 0 Å². The van der Waals surface area contributed by atoms with E-state index >= 15 is 0 Å². The first kappa shape index (κ1) is 19.2. The first-order chi connectivity index (χ1) is 13.0. The third-order valence-electron chi connectivity index (χ3n) is 4.35. The first-order valence-corrected chi connectivity index (χ1v) is 9.54. The van der Waals surface area contributed by atoms with Gasteiger partial charge in [-0.15, -0.1) is 0 Å². The predicted octanol–water partition coefficient (Wildman–Crippen LogP) is 5.24. The van der Waals surface area contributed by atoms with E-state index in [4.69, 9.17) is 4.74 Å². The van der Waals surface area contributed by atoms with Crippen molar-refractivity contribution in [2.75, 3.05) is 0 Å². The highest BCUT2D eigenvalue weighted by molar-refractivity contribution is 8.18. The summed E-state index contributed by atoms with van der Waals surface area (Å²) in [6, 6.07) is 13.3. The topological polar surface area (TPSA) is 46.6 Å². The summed E-state index contributed by atoms with van der Waals surface area (Å²) in [5.74, 6) is 0.154. The number of hydrogen-bond acceptors (Lipinski definition) is 4. The van der Waals surface area contributed by atoms with Gasteiger partial charge in [-0.25, -0.2) is 4.39 Å². The molecule has 140 valence electrons. The number of rotatable bonds is 6. The normalized spacial score (nSPS) is 16.9. The van der Waals surface area contributed by atoms with Crippen LogP contribution >= 0.6 is 11.8 Å². The van der Waals surface area contributed by atoms with E-state index in [-0.39, 0.29) is 23.0 Å². The van der Waals surface area contributed by atoms with Crippen LogP contribution in [-0.2, 0) is 11.4 Å². The molecule has 3 rings (SSSR count). The number of carbonyl (C=O) groups is 2. The average molecular weight is 385 g/mol. The Morgan fingerprint density at radius 2 is 1.78 bits per heavy atom. The Morgan fingerprint density at radius 3 is 2.41 bits per heavy atom. The molecule has 0 bridgehead atoms. The van der Waals surface area contributed by atoms with E-state index in [9.17, 15) is 14.0 Å². The third-order valence-corrected chi connectivity index (χ3v) is 5.24. The second kappa shape index (κ2) is 8.39. The molecule has 0 saturated carbocycles. The highest BCUT2D eigenvalue weighted by atomic mass is 32.2. The van der Waals surface area contributed by atoms with Crippen molar-refractivity contribution in [1.82, 2.24) is 4.90 Å². The average Bonchev–Trinajstić information content (AvgIpc) is 2.95. The zero-order chi connectivity index (χ0) is 19.4. The number of hydrogen-bond donors (Lipinski definition) is 0. The Balaban J connectivity index is 1.65. The fraction of sp³-hybridized carbons (Fsp3) is 0.238. The van der Waals surface area contributed by atoms with Crippen molar-refractivity contribution >= 4 is 29.0 Å². The Bertz CT molecular complexity index is 862. The summed E-state index contributed by atoms with van der Waals surface area (Å²) in [7, 11) is 0. The van der Waals surface area contributed by atoms with Gasteiger partial charge in [-0.2, -0.15) is 0 Å². The van der Waals surface area contributed by atoms with Crippen LogP contribution in [0, 0.1) is 5.82 Å². The molecular weight excluding hydrogens is 365 g/mol. The molecular formula is C21H20FNO3S. The Labute approximate surface area is 162 Å². The molecule has 1 atom stereocenters. The van der Waals surface area contributed by atoms with Crippen LogP contribution in [0.1, 0.15) is 31.4 Å². The summed E-state index contributed by atoms with van der Waals surface area (Å²) in [6.45, 7) is 4.16. The molecule has 4 nitrogen and oxygen atoms in total. The number of carbonyl (C=O) groups excluding carboxylic acids is 2. The maximum Gasteiger partial charge on any atom is 0.293 e. The molecule has 0 aromatic heterocycles. The van der Waals surface area contributed by atoms with Crippen molar-refractivity contribution in [3.8, 4) is 5.75 Å². The van der Waals surface area contributed by atoms with Gasteiger partial charge in [0.05, 0.1) is 4.91 Å². The lowest BCUT2D eigenvalue weighted by atomic mass is 10.2. The lowest BCUT2D eigenvalue weighted by molar-refractivity contribution is -0.124. The zero-order valence-corrected chi connectivity index (χ0v) is 16.0. The zero-order valence-electron chi connectivity index (χ0n) is 15.1. The minimum absolute atomic E-state index is 0.106. The molecule has 1 heterocycles. The van der Waals surface area contributed by atoms with E-state index in [2.05, 4.69) is 0 Å². The number of ether oxygens (including phenoxy) is 1. The van der Waals surface area contributed by atoms with Crippen LogP contribution < -0.4 is 4.74 Å². The fourth-order valence-electron chi connectivity index (χ4n) is 2.60. The van der Waals surface area contributed by atoms with Crippen LogP contribution in [0.2, 0.25) is 0 Å². The van der Waals surface area contributed by atoms with Gasteiger partial charge in [0.25, 0.3) is 11.1 Å². The number of halogens is 1. The lowest BCUT2D eigenvalue weighted by Crippen LogP contribution is -2.36. The minimum atomic E-state index is -0.277. The highest BCUT2D eigenvalue weighted by Crippen LogP contribution is 2.34. The number of benzene rings is 2. The summed E-state index contributed by atoms with van der Waals surface area (Å²) >= 11 is 0.970. The van der Waals surface area contributed by atoms with Crippen LogP contribution in [0.25, 0.3) is 6.08 Å². The van der Waals surface area contributed by atoms with E-state index in [1.807, 2.05) is 26.0 Å². The van der Waals surface area contributed by atoms with Crippen LogP contribution in [0.15, 0.2) is 53.4 Å². The molecule has 0 N–H and O–H groups in total. The van der Waals surface area contributed by atoms with Gasteiger partial charge < -0.3 is 4.74 Å². The van der Waals surface area contributed by atoms with Gasteiger partial charge in [0.1, 0.15) is 18.2 Å². The van der Waals surface area contributed by atoms with Gasteiger partial charge in [-0.1, -0.05) is 31.2 Å². The Kier molecular flexibility index (Phi) is 5.96. The maximum atomic E-state index is 12.9. The van der Waals surface area contributed by atoms with Crippen LogP contribution in [0.5, 0.6) is 5.75 Å². The van der Waals surface area contributed by atoms with Crippen molar-refractivity contribution in [3.63, 3.8) is 0 Å². The van der Waals surface area contributed by atoms with Gasteiger partial charge in [0.15, 0.2) is 0 Å². The molecule has 1 saturated heterocycles. The lowest BCUT2D eigenvalue weighted by Gasteiger charge is -2.19. The van der Waals surface area contributed by atoms with Crippen LogP contribution in [0.4, 0.5) is 9.18 Å². The molecule has 2 aromatic carbocycles. The van der Waals surface area contributed by atoms with E-state index in [0.717, 1.165) is 29.3 Å². The van der Waals surface area contributed by atoms with Crippen molar-refractivity contribution in [2.45, 2.75) is 32.9 Å². The molecule has 0 spiro atoms. The van der Waals surface area contributed by atoms with Crippen molar-refractivity contribution in [3.05, 3.63) is 70.4 Å². The molecule has 6 heteroatoms. The summed E-state index contributed by atoms with van der Waals surface area (Å²) in [5.41, 5.74) is 1.69. The molecule has 1 aliphatic rings. The number of nitrogens with zero attached hydrogens (tertiary/aromatic N) is 1. The fourth-order valence-corrected chi connectivity index (χ4v) is 3.53. The van der Waals surface area contributed by atoms with Gasteiger partial charge in [0, 0.05) is 6.04 Å². The number of thioether (sulfide) groups is 1. The van der Waals surface area contributed by atoms with Gasteiger partial charge >= 0.3 is 0 Å². The first-order valence-electron chi connectivity index (χ1n) is 8.72. The molecule has 2 amide bonds. The predicted molar refractivity (Wildman–Crippen MR) is 105 cm³/mol. The van der Waals surface area contributed by atoms with Gasteiger partial charge in [-0.05, 0) is 66.6 Å². The monoisotopic (exact) mass is 385 g/mol. The quantitative estimate of drug-likeness (QED) is 0.638. The maximum absolute atomic E-state index is 12.9. The Morgan fingerprint density at radius 1 is 1.11 bits per heavy atom.